The minimum Gasteiger partial charge on any atom is -0.464 e. The highest BCUT2D eigenvalue weighted by atomic mass is 16.3. The minimum atomic E-state index is -0.291. The molecule has 1 N–H and O–H groups in total. The van der Waals surface area contributed by atoms with Gasteiger partial charge >= 0.3 is 6.03 Å². The number of aryl methyl sites for hydroxylation is 2. The van der Waals surface area contributed by atoms with Gasteiger partial charge in [0.25, 0.3) is 0 Å². The van der Waals surface area contributed by atoms with Gasteiger partial charge in [0.2, 0.25) is 5.91 Å². The van der Waals surface area contributed by atoms with E-state index in [1.165, 1.54) is 0 Å². The number of benzene rings is 2. The van der Waals surface area contributed by atoms with Crippen LogP contribution in [0.4, 0.5) is 10.5 Å². The van der Waals surface area contributed by atoms with Crippen molar-refractivity contribution in [1.29, 1.82) is 0 Å². The van der Waals surface area contributed by atoms with E-state index >= 15 is 0 Å². The molecule has 6 nitrogen and oxygen atoms in total. The van der Waals surface area contributed by atoms with Crippen LogP contribution in [0.2, 0.25) is 0 Å². The topological polar surface area (TPSA) is 65.8 Å². The first-order valence-corrected chi connectivity index (χ1v) is 11.3. The van der Waals surface area contributed by atoms with E-state index in [9.17, 15) is 9.59 Å². The molecule has 0 unspecified atom stereocenters. The zero-order chi connectivity index (χ0) is 24.0. The molecule has 2 aromatic carbocycles. The molecule has 0 saturated carbocycles. The fourth-order valence-electron chi connectivity index (χ4n) is 3.60. The van der Waals surface area contributed by atoms with E-state index < -0.39 is 0 Å². The van der Waals surface area contributed by atoms with Gasteiger partial charge in [0.05, 0.1) is 6.54 Å². The molecule has 0 atom stereocenters. The highest BCUT2D eigenvalue weighted by molar-refractivity contribution is 5.93. The number of amides is 3. The summed E-state index contributed by atoms with van der Waals surface area (Å²) < 4.78 is 5.72. The molecule has 0 aliphatic carbocycles. The third-order valence-corrected chi connectivity index (χ3v) is 5.75. The van der Waals surface area contributed by atoms with Crippen molar-refractivity contribution < 1.29 is 14.0 Å². The highest BCUT2D eigenvalue weighted by Gasteiger charge is 2.25. The van der Waals surface area contributed by atoms with Crippen molar-refractivity contribution >= 4 is 17.6 Å². The molecular formula is C27H33N3O3. The Bertz CT molecular complexity index is 1090. The summed E-state index contributed by atoms with van der Waals surface area (Å²) in [5.41, 5.74) is 3.89. The average Bonchev–Trinajstić information content (AvgIpc) is 3.19. The van der Waals surface area contributed by atoms with Gasteiger partial charge < -0.3 is 19.5 Å². The zero-order valence-electron chi connectivity index (χ0n) is 20.1. The molecule has 0 saturated heterocycles. The summed E-state index contributed by atoms with van der Waals surface area (Å²) in [6, 6.07) is 19.0. The lowest BCUT2D eigenvalue weighted by Crippen LogP contribution is -2.47. The van der Waals surface area contributed by atoms with Gasteiger partial charge in [-0.2, -0.15) is 0 Å². The van der Waals surface area contributed by atoms with Gasteiger partial charge in [0.1, 0.15) is 18.1 Å². The van der Waals surface area contributed by atoms with E-state index in [2.05, 4.69) is 5.32 Å². The van der Waals surface area contributed by atoms with Crippen molar-refractivity contribution in [2.75, 3.05) is 11.9 Å². The Morgan fingerprint density at radius 3 is 2.27 bits per heavy atom. The van der Waals surface area contributed by atoms with Crippen molar-refractivity contribution in [2.45, 2.75) is 53.8 Å². The Labute approximate surface area is 196 Å². The molecule has 0 spiro atoms. The summed E-state index contributed by atoms with van der Waals surface area (Å²) in [6.07, 6.45) is 0. The maximum absolute atomic E-state index is 13.4. The van der Waals surface area contributed by atoms with E-state index in [1.807, 2.05) is 95.3 Å². The Morgan fingerprint density at radius 2 is 1.64 bits per heavy atom. The molecule has 0 radical (unpaired) electrons. The molecular weight excluding hydrogens is 414 g/mol. The molecule has 1 heterocycles. The van der Waals surface area contributed by atoms with Gasteiger partial charge in [0.15, 0.2) is 0 Å². The summed E-state index contributed by atoms with van der Waals surface area (Å²) in [5.74, 6) is 1.37. The van der Waals surface area contributed by atoms with Crippen LogP contribution in [0.3, 0.4) is 0 Å². The Morgan fingerprint density at radius 1 is 0.909 bits per heavy atom. The zero-order valence-corrected chi connectivity index (χ0v) is 20.1. The van der Waals surface area contributed by atoms with Crippen LogP contribution in [-0.2, 0) is 17.9 Å². The smallest absolute Gasteiger partial charge is 0.322 e. The standard InChI is InChI=1S/C27H33N3O3/c1-19(2)30(27(32)28-25-13-9-10-20(3)22(25)5)18-26(31)29(16-23-11-7-6-8-12-23)17-24-15-14-21(4)33-24/h6-15,19H,16-18H2,1-5H3,(H,28,32). The van der Waals surface area contributed by atoms with E-state index in [1.54, 1.807) is 9.80 Å². The molecule has 174 valence electrons. The van der Waals surface area contributed by atoms with Crippen LogP contribution in [0, 0.1) is 20.8 Å². The van der Waals surface area contributed by atoms with E-state index in [0.717, 1.165) is 28.1 Å². The van der Waals surface area contributed by atoms with Gasteiger partial charge in [-0.15, -0.1) is 0 Å². The number of carbonyl (C=O) groups is 2. The molecule has 0 fully saturated rings. The summed E-state index contributed by atoms with van der Waals surface area (Å²) in [6.45, 7) is 10.4. The van der Waals surface area contributed by atoms with Gasteiger partial charge in [0, 0.05) is 18.3 Å². The second-order valence-corrected chi connectivity index (χ2v) is 8.65. The van der Waals surface area contributed by atoms with Crippen molar-refractivity contribution in [3.05, 3.63) is 88.9 Å². The van der Waals surface area contributed by atoms with Gasteiger partial charge in [-0.1, -0.05) is 42.5 Å². The summed E-state index contributed by atoms with van der Waals surface area (Å²) in [4.78, 5) is 29.8. The first-order valence-electron chi connectivity index (χ1n) is 11.3. The van der Waals surface area contributed by atoms with E-state index in [-0.39, 0.29) is 24.5 Å². The van der Waals surface area contributed by atoms with Crippen LogP contribution in [0.5, 0.6) is 0 Å². The number of urea groups is 1. The highest BCUT2D eigenvalue weighted by Crippen LogP contribution is 2.19. The Kier molecular flexibility index (Phi) is 7.93. The second kappa shape index (κ2) is 10.9. The van der Waals surface area contributed by atoms with Gasteiger partial charge in [-0.05, 0) is 69.5 Å². The SMILES string of the molecule is Cc1ccc(CN(Cc2ccccc2)C(=O)CN(C(=O)Nc2cccc(C)c2C)C(C)C)o1. The van der Waals surface area contributed by atoms with Crippen LogP contribution < -0.4 is 5.32 Å². The first kappa shape index (κ1) is 24.1. The number of hydrogen-bond donors (Lipinski definition) is 1. The molecule has 3 amide bonds. The number of nitrogens with one attached hydrogen (secondary N) is 1. The lowest BCUT2D eigenvalue weighted by Gasteiger charge is -2.30. The number of anilines is 1. The summed E-state index contributed by atoms with van der Waals surface area (Å²) >= 11 is 0. The molecule has 0 aliphatic heterocycles. The van der Waals surface area contributed by atoms with Crippen molar-refractivity contribution in [1.82, 2.24) is 9.80 Å². The van der Waals surface area contributed by atoms with Crippen molar-refractivity contribution in [3.63, 3.8) is 0 Å². The second-order valence-electron chi connectivity index (χ2n) is 8.65. The lowest BCUT2D eigenvalue weighted by atomic mass is 10.1. The first-order chi connectivity index (χ1) is 15.7. The van der Waals surface area contributed by atoms with Gasteiger partial charge in [-0.3, -0.25) is 4.79 Å². The predicted molar refractivity (Wildman–Crippen MR) is 131 cm³/mol. The number of hydrogen-bond acceptors (Lipinski definition) is 3. The number of carbonyl (C=O) groups excluding carboxylic acids is 2. The third-order valence-electron chi connectivity index (χ3n) is 5.75. The largest absolute Gasteiger partial charge is 0.464 e. The van der Waals surface area contributed by atoms with Crippen LogP contribution in [0.25, 0.3) is 0 Å². The van der Waals surface area contributed by atoms with Crippen LogP contribution in [0.1, 0.15) is 42.1 Å². The maximum atomic E-state index is 13.4. The van der Waals surface area contributed by atoms with Crippen LogP contribution in [0.15, 0.2) is 65.1 Å². The minimum absolute atomic E-state index is 0.0269. The molecule has 3 rings (SSSR count). The molecule has 0 bridgehead atoms. The molecule has 3 aromatic rings. The number of rotatable bonds is 8. The quantitative estimate of drug-likeness (QED) is 0.483. The molecule has 0 aliphatic rings. The van der Waals surface area contributed by atoms with Crippen molar-refractivity contribution in [3.8, 4) is 0 Å². The molecule has 6 heteroatoms. The monoisotopic (exact) mass is 447 g/mol. The third kappa shape index (κ3) is 6.48. The normalized spacial score (nSPS) is 10.8. The predicted octanol–water partition coefficient (Wildman–Crippen LogP) is 5.68. The van der Waals surface area contributed by atoms with Gasteiger partial charge in [-0.25, -0.2) is 4.79 Å². The summed E-state index contributed by atoms with van der Waals surface area (Å²) in [7, 11) is 0. The average molecular weight is 448 g/mol. The maximum Gasteiger partial charge on any atom is 0.322 e. The number of nitrogens with zero attached hydrogens (tertiary/aromatic N) is 2. The van der Waals surface area contributed by atoms with Crippen molar-refractivity contribution in [2.24, 2.45) is 0 Å². The number of furan rings is 1. The van der Waals surface area contributed by atoms with E-state index in [4.69, 9.17) is 4.42 Å². The Hall–Kier alpha value is -3.54. The van der Waals surface area contributed by atoms with Crippen LogP contribution >= 0.6 is 0 Å². The van der Waals surface area contributed by atoms with Crippen LogP contribution in [-0.4, -0.2) is 34.3 Å². The molecule has 33 heavy (non-hydrogen) atoms. The fraction of sp³-hybridized carbons (Fsp3) is 0.333. The summed E-state index contributed by atoms with van der Waals surface area (Å²) in [5, 5.41) is 2.98. The Balaban J connectivity index is 1.77. The molecule has 1 aromatic heterocycles. The van der Waals surface area contributed by atoms with E-state index in [0.29, 0.717) is 18.8 Å². The fourth-order valence-corrected chi connectivity index (χ4v) is 3.60. The lowest BCUT2D eigenvalue weighted by molar-refractivity contribution is -0.133.